The second kappa shape index (κ2) is 6.72. The Morgan fingerprint density at radius 3 is 2.65 bits per heavy atom. The third kappa shape index (κ3) is 4.60. The summed E-state index contributed by atoms with van der Waals surface area (Å²) in [4.78, 5) is 2.24. The molecule has 1 aromatic rings. The Balaban J connectivity index is 1.94. The van der Waals surface area contributed by atoms with E-state index in [-0.39, 0.29) is 0 Å². The van der Waals surface area contributed by atoms with Crippen LogP contribution in [0.2, 0.25) is 0 Å². The number of rotatable bonds is 6. The quantitative estimate of drug-likeness (QED) is 0.870. The lowest BCUT2D eigenvalue weighted by atomic mass is 9.96. The monoisotopic (exact) mass is 279 g/mol. The van der Waals surface area contributed by atoms with Gasteiger partial charge in [-0.1, -0.05) is 26.2 Å². The molecule has 114 valence electrons. The lowest BCUT2D eigenvalue weighted by Gasteiger charge is -2.27. The summed E-state index contributed by atoms with van der Waals surface area (Å²) in [5.74, 6) is 0. The molecule has 0 saturated heterocycles. The molecule has 0 aromatic carbocycles. The van der Waals surface area contributed by atoms with Gasteiger partial charge in [-0.15, -0.1) is 0 Å². The normalized spacial score (nSPS) is 17.9. The zero-order valence-electron chi connectivity index (χ0n) is 13.2. The minimum atomic E-state index is -0.651. The molecule has 1 saturated carbocycles. The summed E-state index contributed by atoms with van der Waals surface area (Å²) in [7, 11) is 0. The van der Waals surface area contributed by atoms with E-state index in [0.717, 1.165) is 18.8 Å². The molecular weight excluding hydrogens is 250 g/mol. The smallest absolute Gasteiger partial charge is 0.0764 e. The molecule has 0 spiro atoms. The maximum absolute atomic E-state index is 9.94. The van der Waals surface area contributed by atoms with Gasteiger partial charge in [-0.2, -0.15) is 5.10 Å². The van der Waals surface area contributed by atoms with Crippen LogP contribution in [0.25, 0.3) is 0 Å². The molecule has 0 unspecified atom stereocenters. The first-order chi connectivity index (χ1) is 9.48. The molecule has 0 aliphatic heterocycles. The summed E-state index contributed by atoms with van der Waals surface area (Å²) in [5.41, 5.74) is 0.462. The molecule has 1 aliphatic carbocycles. The van der Waals surface area contributed by atoms with E-state index >= 15 is 0 Å². The predicted molar refractivity (Wildman–Crippen MR) is 81.6 cm³/mol. The Morgan fingerprint density at radius 2 is 2.05 bits per heavy atom. The van der Waals surface area contributed by atoms with Crippen molar-refractivity contribution in [1.82, 2.24) is 14.7 Å². The lowest BCUT2D eigenvalue weighted by Crippen LogP contribution is -2.38. The van der Waals surface area contributed by atoms with Crippen molar-refractivity contribution in [3.05, 3.63) is 18.0 Å². The fourth-order valence-electron chi connectivity index (χ4n) is 3.07. The Kier molecular flexibility index (Phi) is 5.22. The van der Waals surface area contributed by atoms with E-state index in [4.69, 9.17) is 5.10 Å². The van der Waals surface area contributed by atoms with Crippen molar-refractivity contribution in [1.29, 1.82) is 0 Å². The van der Waals surface area contributed by atoms with Gasteiger partial charge in [-0.3, -0.25) is 9.58 Å². The lowest BCUT2D eigenvalue weighted by molar-refractivity contribution is 0.0349. The number of aliphatic hydroxyl groups is 1. The summed E-state index contributed by atoms with van der Waals surface area (Å²) < 4.78 is 2.16. The van der Waals surface area contributed by atoms with Gasteiger partial charge < -0.3 is 5.11 Å². The number of aromatic nitrogens is 2. The second-order valence-corrected chi connectivity index (χ2v) is 6.69. The molecule has 0 bridgehead atoms. The first-order valence-electron chi connectivity index (χ1n) is 7.97. The van der Waals surface area contributed by atoms with Crippen molar-refractivity contribution >= 4 is 0 Å². The predicted octanol–water partition coefficient (Wildman–Crippen LogP) is 2.98. The molecule has 0 radical (unpaired) electrons. The van der Waals surface area contributed by atoms with E-state index in [1.54, 1.807) is 0 Å². The van der Waals surface area contributed by atoms with Crippen LogP contribution < -0.4 is 0 Å². The molecule has 1 aliphatic rings. The number of likely N-dealkylation sites (N-methyl/N-ethyl adjacent to an activating group) is 1. The van der Waals surface area contributed by atoms with Crippen LogP contribution in [0, 0.1) is 0 Å². The molecular formula is C16H29N3O. The van der Waals surface area contributed by atoms with Crippen molar-refractivity contribution < 1.29 is 5.11 Å². The van der Waals surface area contributed by atoms with E-state index in [1.165, 1.54) is 32.1 Å². The maximum atomic E-state index is 9.94. The van der Waals surface area contributed by atoms with Gasteiger partial charge in [-0.25, -0.2) is 0 Å². The van der Waals surface area contributed by atoms with Crippen molar-refractivity contribution in [2.45, 2.75) is 71.1 Å². The van der Waals surface area contributed by atoms with Crippen LogP contribution in [-0.4, -0.2) is 38.5 Å². The number of nitrogens with zero attached hydrogens (tertiary/aromatic N) is 3. The van der Waals surface area contributed by atoms with E-state index < -0.39 is 5.60 Å². The molecule has 2 rings (SSSR count). The summed E-state index contributed by atoms with van der Waals surface area (Å²) in [6, 6.07) is 2.73. The van der Waals surface area contributed by atoms with Crippen molar-refractivity contribution in [3.8, 4) is 0 Å². The summed E-state index contributed by atoms with van der Waals surface area (Å²) >= 11 is 0. The van der Waals surface area contributed by atoms with Gasteiger partial charge in [0.2, 0.25) is 0 Å². The van der Waals surface area contributed by atoms with E-state index in [9.17, 15) is 5.11 Å². The van der Waals surface area contributed by atoms with Crippen LogP contribution in [0.4, 0.5) is 0 Å². The molecule has 4 nitrogen and oxygen atoms in total. The number of hydrogen-bond acceptors (Lipinski definition) is 3. The molecule has 1 N–H and O–H groups in total. The molecule has 0 atom stereocenters. The van der Waals surface area contributed by atoms with Gasteiger partial charge >= 0.3 is 0 Å². The molecule has 1 aromatic heterocycles. The zero-order chi connectivity index (χ0) is 14.6. The van der Waals surface area contributed by atoms with Gasteiger partial charge in [0.1, 0.15) is 0 Å². The highest BCUT2D eigenvalue weighted by Gasteiger charge is 2.19. The molecule has 4 heteroatoms. The fourth-order valence-corrected chi connectivity index (χ4v) is 3.07. The minimum absolute atomic E-state index is 0.599. The van der Waals surface area contributed by atoms with Gasteiger partial charge in [0, 0.05) is 19.3 Å². The molecule has 20 heavy (non-hydrogen) atoms. The minimum Gasteiger partial charge on any atom is -0.389 e. The Morgan fingerprint density at radius 1 is 1.35 bits per heavy atom. The van der Waals surface area contributed by atoms with Gasteiger partial charge in [0.15, 0.2) is 0 Å². The largest absolute Gasteiger partial charge is 0.389 e. The average Bonchev–Trinajstić information content (AvgIpc) is 2.86. The third-order valence-corrected chi connectivity index (χ3v) is 4.06. The molecule has 1 fully saturated rings. The van der Waals surface area contributed by atoms with E-state index in [1.807, 2.05) is 13.8 Å². The average molecular weight is 279 g/mol. The summed E-state index contributed by atoms with van der Waals surface area (Å²) in [6.07, 6.45) is 8.70. The van der Waals surface area contributed by atoms with Crippen LogP contribution >= 0.6 is 0 Å². The summed E-state index contributed by atoms with van der Waals surface area (Å²) in [6.45, 7) is 8.27. The highest BCUT2D eigenvalue weighted by Crippen LogP contribution is 2.27. The fraction of sp³-hybridized carbons (Fsp3) is 0.812. The number of hydrogen-bond donors (Lipinski definition) is 1. The van der Waals surface area contributed by atoms with E-state index in [2.05, 4.69) is 28.8 Å². The standard InChI is InChI=1S/C16H29N3O/c1-4-18(13-16(2,3)20)12-14-10-11-19(17-14)15-8-6-5-7-9-15/h10-11,15,20H,4-9,12-13H2,1-3H3. The highest BCUT2D eigenvalue weighted by atomic mass is 16.3. The summed E-state index contributed by atoms with van der Waals surface area (Å²) in [5, 5.41) is 14.7. The Labute approximate surface area is 122 Å². The maximum Gasteiger partial charge on any atom is 0.0764 e. The van der Waals surface area contributed by atoms with Crippen molar-refractivity contribution in [3.63, 3.8) is 0 Å². The molecule has 0 amide bonds. The van der Waals surface area contributed by atoms with Crippen LogP contribution in [0.1, 0.15) is 64.6 Å². The first-order valence-corrected chi connectivity index (χ1v) is 7.97. The zero-order valence-corrected chi connectivity index (χ0v) is 13.2. The van der Waals surface area contributed by atoms with Gasteiger partial charge in [-0.05, 0) is 39.3 Å². The Bertz CT molecular complexity index is 402. The SMILES string of the molecule is CCN(Cc1ccn(C2CCCCC2)n1)CC(C)(C)O. The van der Waals surface area contributed by atoms with E-state index in [0.29, 0.717) is 12.6 Å². The Hall–Kier alpha value is -0.870. The van der Waals surface area contributed by atoms with Crippen LogP contribution in [-0.2, 0) is 6.54 Å². The molecule has 1 heterocycles. The second-order valence-electron chi connectivity index (χ2n) is 6.69. The van der Waals surface area contributed by atoms with Crippen molar-refractivity contribution in [2.75, 3.05) is 13.1 Å². The van der Waals surface area contributed by atoms with Crippen LogP contribution in [0.15, 0.2) is 12.3 Å². The van der Waals surface area contributed by atoms with Crippen LogP contribution in [0.3, 0.4) is 0 Å². The van der Waals surface area contributed by atoms with Gasteiger partial charge in [0.05, 0.1) is 17.3 Å². The van der Waals surface area contributed by atoms with Crippen LogP contribution in [0.5, 0.6) is 0 Å². The van der Waals surface area contributed by atoms with Gasteiger partial charge in [0.25, 0.3) is 0 Å². The first kappa shape index (κ1) is 15.5. The topological polar surface area (TPSA) is 41.3 Å². The van der Waals surface area contributed by atoms with Crippen molar-refractivity contribution in [2.24, 2.45) is 0 Å². The highest BCUT2D eigenvalue weighted by molar-refractivity contribution is 5.00. The third-order valence-electron chi connectivity index (χ3n) is 4.06.